The number of hydrogen-bond donors (Lipinski definition) is 1. The first-order chi connectivity index (χ1) is 12.0. The molecule has 0 radical (unpaired) electrons. The molecule has 0 spiro atoms. The van der Waals surface area contributed by atoms with Gasteiger partial charge in [-0.05, 0) is 24.3 Å². The lowest BCUT2D eigenvalue weighted by Gasteiger charge is -2.08. The summed E-state index contributed by atoms with van der Waals surface area (Å²) in [4.78, 5) is 22.5. The van der Waals surface area contributed by atoms with E-state index in [0.717, 1.165) is 0 Å². The third-order valence-electron chi connectivity index (χ3n) is 3.52. The Morgan fingerprint density at radius 2 is 2.04 bits per heavy atom. The Bertz CT molecular complexity index is 925. The molecule has 7 nitrogen and oxygen atoms in total. The van der Waals surface area contributed by atoms with E-state index in [0.29, 0.717) is 5.56 Å². The van der Waals surface area contributed by atoms with Crippen molar-refractivity contribution in [2.24, 2.45) is 0 Å². The summed E-state index contributed by atoms with van der Waals surface area (Å²) in [5.74, 6) is -1.02. The van der Waals surface area contributed by atoms with E-state index >= 15 is 0 Å². The van der Waals surface area contributed by atoms with Crippen LogP contribution < -0.4 is 5.32 Å². The summed E-state index contributed by atoms with van der Waals surface area (Å²) in [6.07, 6.45) is 2.95. The quantitative estimate of drug-likeness (QED) is 0.571. The maximum Gasteiger partial charge on any atom is 0.273 e. The molecule has 0 aliphatic carbocycles. The van der Waals surface area contributed by atoms with Crippen molar-refractivity contribution in [3.05, 3.63) is 82.4 Å². The first-order valence-electron chi connectivity index (χ1n) is 7.36. The van der Waals surface area contributed by atoms with Crippen LogP contribution in [-0.2, 0) is 11.2 Å². The van der Waals surface area contributed by atoms with E-state index in [-0.39, 0.29) is 23.5 Å². The van der Waals surface area contributed by atoms with Crippen LogP contribution in [0.15, 0.2) is 60.9 Å². The SMILES string of the molecule is O=C(Cc1ccccc1[N+](=O)[O-])Nc1ccc(-n2cccn2)c(F)c1. The van der Waals surface area contributed by atoms with Gasteiger partial charge in [0, 0.05) is 29.7 Å². The van der Waals surface area contributed by atoms with E-state index in [1.807, 2.05) is 0 Å². The average Bonchev–Trinajstić information content (AvgIpc) is 3.09. The van der Waals surface area contributed by atoms with Gasteiger partial charge in [0.2, 0.25) is 5.91 Å². The molecule has 1 heterocycles. The molecule has 126 valence electrons. The van der Waals surface area contributed by atoms with Crippen LogP contribution in [0.25, 0.3) is 5.69 Å². The number of para-hydroxylation sites is 1. The molecule has 0 aliphatic rings. The molecule has 0 unspecified atom stereocenters. The molecule has 3 rings (SSSR count). The van der Waals surface area contributed by atoms with Crippen LogP contribution in [0, 0.1) is 15.9 Å². The molecule has 0 fully saturated rings. The van der Waals surface area contributed by atoms with Gasteiger partial charge in [-0.3, -0.25) is 14.9 Å². The van der Waals surface area contributed by atoms with Crippen LogP contribution in [0.1, 0.15) is 5.56 Å². The molecule has 0 bridgehead atoms. The number of hydrogen-bond acceptors (Lipinski definition) is 4. The van der Waals surface area contributed by atoms with Crippen molar-refractivity contribution in [1.29, 1.82) is 0 Å². The van der Waals surface area contributed by atoms with Crippen LogP contribution in [0.5, 0.6) is 0 Å². The molecule has 25 heavy (non-hydrogen) atoms. The molecular formula is C17H13FN4O3. The highest BCUT2D eigenvalue weighted by Crippen LogP contribution is 2.20. The van der Waals surface area contributed by atoms with Crippen LogP contribution in [0.2, 0.25) is 0 Å². The van der Waals surface area contributed by atoms with Crippen molar-refractivity contribution in [1.82, 2.24) is 9.78 Å². The lowest BCUT2D eigenvalue weighted by atomic mass is 10.1. The summed E-state index contributed by atoms with van der Waals surface area (Å²) >= 11 is 0. The molecule has 0 aliphatic heterocycles. The predicted molar refractivity (Wildman–Crippen MR) is 89.0 cm³/mol. The molecule has 1 aromatic heterocycles. The van der Waals surface area contributed by atoms with Gasteiger partial charge >= 0.3 is 0 Å². The Balaban J connectivity index is 1.74. The minimum Gasteiger partial charge on any atom is -0.326 e. The lowest BCUT2D eigenvalue weighted by Crippen LogP contribution is -2.15. The molecule has 3 aromatic rings. The van der Waals surface area contributed by atoms with Gasteiger partial charge in [-0.25, -0.2) is 9.07 Å². The number of anilines is 1. The van der Waals surface area contributed by atoms with Crippen molar-refractivity contribution >= 4 is 17.3 Å². The second-order valence-corrected chi connectivity index (χ2v) is 5.23. The van der Waals surface area contributed by atoms with Gasteiger partial charge in [0.15, 0.2) is 5.82 Å². The Hall–Kier alpha value is -3.55. The van der Waals surface area contributed by atoms with Crippen molar-refractivity contribution in [2.75, 3.05) is 5.32 Å². The number of rotatable bonds is 5. The molecule has 1 N–H and O–H groups in total. The van der Waals surface area contributed by atoms with Gasteiger partial charge in [-0.1, -0.05) is 18.2 Å². The largest absolute Gasteiger partial charge is 0.326 e. The standard InChI is InChI=1S/C17H13FN4O3/c18-14-11-13(6-7-16(14)21-9-3-8-19-21)20-17(23)10-12-4-1-2-5-15(12)22(24)25/h1-9,11H,10H2,(H,20,23). The highest BCUT2D eigenvalue weighted by atomic mass is 19.1. The second kappa shape index (κ2) is 6.91. The van der Waals surface area contributed by atoms with Gasteiger partial charge < -0.3 is 5.32 Å². The van der Waals surface area contributed by atoms with Crippen LogP contribution >= 0.6 is 0 Å². The summed E-state index contributed by atoms with van der Waals surface area (Å²) in [5, 5.41) is 17.5. The number of nitro groups is 1. The van der Waals surface area contributed by atoms with E-state index in [1.165, 1.54) is 47.3 Å². The van der Waals surface area contributed by atoms with E-state index in [4.69, 9.17) is 0 Å². The normalized spacial score (nSPS) is 10.4. The molecule has 0 atom stereocenters. The van der Waals surface area contributed by atoms with E-state index < -0.39 is 16.6 Å². The van der Waals surface area contributed by atoms with Gasteiger partial charge in [0.05, 0.1) is 11.3 Å². The van der Waals surface area contributed by atoms with Gasteiger partial charge in [0.1, 0.15) is 5.69 Å². The van der Waals surface area contributed by atoms with E-state index in [9.17, 15) is 19.3 Å². The molecule has 2 aromatic carbocycles. The van der Waals surface area contributed by atoms with Gasteiger partial charge in [-0.2, -0.15) is 5.10 Å². The Kier molecular flexibility index (Phi) is 4.51. The van der Waals surface area contributed by atoms with Crippen LogP contribution in [0.4, 0.5) is 15.8 Å². The Morgan fingerprint density at radius 1 is 1.24 bits per heavy atom. The predicted octanol–water partition coefficient (Wildman–Crippen LogP) is 3.10. The smallest absolute Gasteiger partial charge is 0.273 e. The third-order valence-corrected chi connectivity index (χ3v) is 3.52. The lowest BCUT2D eigenvalue weighted by molar-refractivity contribution is -0.385. The highest BCUT2D eigenvalue weighted by Gasteiger charge is 2.16. The van der Waals surface area contributed by atoms with Crippen LogP contribution in [-0.4, -0.2) is 20.6 Å². The number of carbonyl (C=O) groups is 1. The van der Waals surface area contributed by atoms with Gasteiger partial charge in [0.25, 0.3) is 5.69 Å². The second-order valence-electron chi connectivity index (χ2n) is 5.23. The number of nitrogens with zero attached hydrogens (tertiary/aromatic N) is 3. The van der Waals surface area contributed by atoms with Gasteiger partial charge in [-0.15, -0.1) is 0 Å². The molecule has 0 saturated heterocycles. The van der Waals surface area contributed by atoms with Crippen LogP contribution in [0.3, 0.4) is 0 Å². The maximum atomic E-state index is 14.2. The summed E-state index contributed by atoms with van der Waals surface area (Å²) in [5.41, 5.74) is 0.676. The van der Waals surface area contributed by atoms with E-state index in [2.05, 4.69) is 10.4 Å². The third kappa shape index (κ3) is 3.69. The number of amides is 1. The van der Waals surface area contributed by atoms with Crippen molar-refractivity contribution in [3.63, 3.8) is 0 Å². The fourth-order valence-electron chi connectivity index (χ4n) is 2.40. The number of halogens is 1. The number of aromatic nitrogens is 2. The highest BCUT2D eigenvalue weighted by molar-refractivity contribution is 5.92. The number of benzene rings is 2. The minimum atomic E-state index is -0.549. The summed E-state index contributed by atoms with van der Waals surface area (Å²) in [6.45, 7) is 0. The fraction of sp³-hybridized carbons (Fsp3) is 0.0588. The maximum absolute atomic E-state index is 14.2. The number of nitro benzene ring substituents is 1. The number of nitrogens with one attached hydrogen (secondary N) is 1. The number of carbonyl (C=O) groups excluding carboxylic acids is 1. The zero-order valence-corrected chi connectivity index (χ0v) is 12.9. The zero-order valence-electron chi connectivity index (χ0n) is 12.9. The molecular weight excluding hydrogens is 327 g/mol. The van der Waals surface area contributed by atoms with Crippen molar-refractivity contribution < 1.29 is 14.1 Å². The summed E-state index contributed by atoms with van der Waals surface area (Å²) < 4.78 is 15.5. The van der Waals surface area contributed by atoms with Crippen molar-refractivity contribution in [3.8, 4) is 5.69 Å². The fourth-order valence-corrected chi connectivity index (χ4v) is 2.40. The van der Waals surface area contributed by atoms with Crippen molar-refractivity contribution in [2.45, 2.75) is 6.42 Å². The average molecular weight is 340 g/mol. The molecule has 0 saturated carbocycles. The molecule has 8 heteroatoms. The zero-order chi connectivity index (χ0) is 17.8. The first kappa shape index (κ1) is 16.3. The van der Waals surface area contributed by atoms with E-state index in [1.54, 1.807) is 18.3 Å². The monoisotopic (exact) mass is 340 g/mol. The minimum absolute atomic E-state index is 0.127. The summed E-state index contributed by atoms with van der Waals surface area (Å²) in [7, 11) is 0. The first-order valence-corrected chi connectivity index (χ1v) is 7.36. The topological polar surface area (TPSA) is 90.1 Å². The Morgan fingerprint density at radius 3 is 2.72 bits per heavy atom. The molecule has 1 amide bonds. The summed E-state index contributed by atoms with van der Waals surface area (Å²) in [6, 6.07) is 11.9. The Labute approximate surface area is 141 Å².